The third-order valence-corrected chi connectivity index (χ3v) is 4.00. The molecule has 1 aromatic carbocycles. The van der Waals surface area contributed by atoms with E-state index in [1.165, 1.54) is 18.4 Å². The van der Waals surface area contributed by atoms with Crippen LogP contribution in [0.4, 0.5) is 5.69 Å². The Balaban J connectivity index is 1.65. The molecule has 2 nitrogen and oxygen atoms in total. The van der Waals surface area contributed by atoms with E-state index >= 15 is 0 Å². The first-order chi connectivity index (χ1) is 8.85. The Morgan fingerprint density at radius 1 is 1.11 bits per heavy atom. The summed E-state index contributed by atoms with van der Waals surface area (Å²) in [5.41, 5.74) is 2.03. The van der Waals surface area contributed by atoms with E-state index in [1.807, 2.05) is 24.3 Å². The van der Waals surface area contributed by atoms with Gasteiger partial charge in [-0.15, -0.1) is 0 Å². The van der Waals surface area contributed by atoms with Gasteiger partial charge in [-0.2, -0.15) is 0 Å². The predicted molar refractivity (Wildman–Crippen MR) is 74.0 cm³/mol. The number of carbonyl (C=O) groups is 1. The van der Waals surface area contributed by atoms with Gasteiger partial charge in [-0.1, -0.05) is 36.4 Å². The van der Waals surface area contributed by atoms with Crippen LogP contribution in [0.25, 0.3) is 6.08 Å². The van der Waals surface area contributed by atoms with E-state index in [9.17, 15) is 4.79 Å². The van der Waals surface area contributed by atoms with Crippen molar-refractivity contribution in [2.45, 2.75) is 12.8 Å². The van der Waals surface area contributed by atoms with Gasteiger partial charge in [0.05, 0.1) is 0 Å². The number of fused-ring (bicyclic) bond motifs is 2. The van der Waals surface area contributed by atoms with E-state index in [-0.39, 0.29) is 0 Å². The Labute approximate surface area is 107 Å². The number of nitrogens with one attached hydrogen (secondary N) is 1. The van der Waals surface area contributed by atoms with Crippen LogP contribution in [0.15, 0.2) is 42.5 Å². The van der Waals surface area contributed by atoms with Gasteiger partial charge >= 0.3 is 0 Å². The molecule has 2 aliphatic carbocycles. The van der Waals surface area contributed by atoms with Crippen LogP contribution in [0.1, 0.15) is 18.4 Å². The number of benzene rings is 1. The fourth-order valence-electron chi connectivity index (χ4n) is 3.04. The smallest absolute Gasteiger partial charge is 0.211 e. The van der Waals surface area contributed by atoms with Crippen molar-refractivity contribution in [3.05, 3.63) is 48.1 Å². The number of amides is 1. The van der Waals surface area contributed by atoms with Gasteiger partial charge in [-0.05, 0) is 48.3 Å². The number of anilines is 1. The van der Waals surface area contributed by atoms with Crippen LogP contribution in [0.5, 0.6) is 0 Å². The summed E-state index contributed by atoms with van der Waals surface area (Å²) in [7, 11) is 0. The Kier molecular flexibility index (Phi) is 3.01. The third-order valence-electron chi connectivity index (χ3n) is 4.00. The molecular weight excluding hydrogens is 222 g/mol. The Morgan fingerprint density at radius 2 is 1.94 bits per heavy atom. The average Bonchev–Trinajstić information content (AvgIpc) is 3.00. The Hall–Kier alpha value is -1.83. The summed E-state index contributed by atoms with van der Waals surface area (Å²) in [4.78, 5) is 10.3. The highest BCUT2D eigenvalue weighted by atomic mass is 16.1. The molecule has 3 rings (SSSR count). The van der Waals surface area contributed by atoms with E-state index in [0.717, 1.165) is 17.5 Å². The second kappa shape index (κ2) is 4.81. The zero-order valence-corrected chi connectivity index (χ0v) is 10.3. The minimum Gasteiger partial charge on any atom is -0.329 e. The molecule has 18 heavy (non-hydrogen) atoms. The van der Waals surface area contributed by atoms with Gasteiger partial charge in [0.25, 0.3) is 0 Å². The number of carbonyl (C=O) groups excluding carboxylic acids is 1. The minimum atomic E-state index is 0.701. The first-order valence-corrected chi connectivity index (χ1v) is 6.52. The van der Waals surface area contributed by atoms with Gasteiger partial charge in [-0.3, -0.25) is 4.79 Å². The maximum Gasteiger partial charge on any atom is 0.211 e. The largest absolute Gasteiger partial charge is 0.329 e. The van der Waals surface area contributed by atoms with E-state index in [0.29, 0.717) is 12.3 Å². The zero-order valence-electron chi connectivity index (χ0n) is 10.3. The fraction of sp³-hybridized carbons (Fsp3) is 0.312. The van der Waals surface area contributed by atoms with E-state index < -0.39 is 0 Å². The van der Waals surface area contributed by atoms with Crippen molar-refractivity contribution >= 4 is 18.2 Å². The molecule has 0 aliphatic heterocycles. The fourth-order valence-corrected chi connectivity index (χ4v) is 3.04. The first kappa shape index (κ1) is 11.3. The molecule has 1 amide bonds. The summed E-state index contributed by atoms with van der Waals surface area (Å²) in [6.07, 6.45) is 12.6. The molecule has 0 heterocycles. The lowest BCUT2D eigenvalue weighted by Crippen LogP contribution is -2.02. The maximum atomic E-state index is 10.3. The quantitative estimate of drug-likeness (QED) is 0.632. The predicted octanol–water partition coefficient (Wildman–Crippen LogP) is 3.48. The standard InChI is InChI=1S/C16H17NO/c18-11-17-16-7-3-12(4-8-16)1-5-14-9-13-2-6-15(14)10-13/h1-8,11,13-15H,9-10H2,(H,17,18)/b5-1+. The van der Waals surface area contributed by atoms with Crippen molar-refractivity contribution in [2.75, 3.05) is 5.32 Å². The SMILES string of the molecule is O=CNc1ccc(/C=C/C2CC3C=CC2C3)cc1. The van der Waals surface area contributed by atoms with Gasteiger partial charge in [0.2, 0.25) is 6.41 Å². The molecular formula is C16H17NO. The lowest BCUT2D eigenvalue weighted by molar-refractivity contribution is -0.105. The number of hydrogen-bond acceptors (Lipinski definition) is 1. The van der Waals surface area contributed by atoms with E-state index in [2.05, 4.69) is 29.6 Å². The summed E-state index contributed by atoms with van der Waals surface area (Å²) in [6, 6.07) is 7.92. The number of hydrogen-bond donors (Lipinski definition) is 1. The van der Waals surface area contributed by atoms with Crippen LogP contribution in [0.3, 0.4) is 0 Å². The van der Waals surface area contributed by atoms with Gasteiger partial charge in [0.15, 0.2) is 0 Å². The highest BCUT2D eigenvalue weighted by Gasteiger charge is 2.33. The minimum absolute atomic E-state index is 0.701. The highest BCUT2D eigenvalue weighted by molar-refractivity contribution is 5.71. The van der Waals surface area contributed by atoms with Crippen molar-refractivity contribution < 1.29 is 4.79 Å². The molecule has 1 N–H and O–H groups in total. The van der Waals surface area contributed by atoms with Gasteiger partial charge < -0.3 is 5.32 Å². The van der Waals surface area contributed by atoms with Crippen molar-refractivity contribution in [1.82, 2.24) is 0 Å². The van der Waals surface area contributed by atoms with Crippen molar-refractivity contribution in [3.63, 3.8) is 0 Å². The normalized spacial score (nSPS) is 29.0. The summed E-state index contributed by atoms with van der Waals surface area (Å²) < 4.78 is 0. The molecule has 2 heteroatoms. The molecule has 3 atom stereocenters. The lowest BCUT2D eigenvalue weighted by Gasteiger charge is -2.12. The second-order valence-electron chi connectivity index (χ2n) is 5.19. The number of rotatable bonds is 4. The molecule has 1 saturated carbocycles. The second-order valence-corrected chi connectivity index (χ2v) is 5.19. The van der Waals surface area contributed by atoms with Crippen molar-refractivity contribution in [3.8, 4) is 0 Å². The van der Waals surface area contributed by atoms with E-state index in [1.54, 1.807) is 0 Å². The molecule has 0 aromatic heterocycles. The molecule has 3 unspecified atom stereocenters. The molecule has 1 aromatic rings. The molecule has 2 bridgehead atoms. The van der Waals surface area contributed by atoms with Gasteiger partial charge in [0, 0.05) is 5.69 Å². The third kappa shape index (κ3) is 2.23. The molecule has 2 aliphatic rings. The van der Waals surface area contributed by atoms with Crippen LogP contribution >= 0.6 is 0 Å². The highest BCUT2D eigenvalue weighted by Crippen LogP contribution is 2.44. The van der Waals surface area contributed by atoms with Crippen LogP contribution in [0.2, 0.25) is 0 Å². The maximum absolute atomic E-state index is 10.3. The van der Waals surface area contributed by atoms with Crippen molar-refractivity contribution in [2.24, 2.45) is 17.8 Å². The first-order valence-electron chi connectivity index (χ1n) is 6.52. The van der Waals surface area contributed by atoms with Crippen LogP contribution in [-0.4, -0.2) is 6.41 Å². The molecule has 92 valence electrons. The zero-order chi connectivity index (χ0) is 12.4. The molecule has 1 fully saturated rings. The lowest BCUT2D eigenvalue weighted by atomic mass is 9.93. The molecule has 0 spiro atoms. The summed E-state index contributed by atoms with van der Waals surface area (Å²) >= 11 is 0. The Bertz CT molecular complexity index is 486. The summed E-state index contributed by atoms with van der Waals surface area (Å²) in [5, 5.41) is 2.64. The van der Waals surface area contributed by atoms with Crippen LogP contribution in [0, 0.1) is 17.8 Å². The summed E-state index contributed by atoms with van der Waals surface area (Å²) in [6.45, 7) is 0. The van der Waals surface area contributed by atoms with Crippen molar-refractivity contribution in [1.29, 1.82) is 0 Å². The average molecular weight is 239 g/mol. The molecule has 0 radical (unpaired) electrons. The topological polar surface area (TPSA) is 29.1 Å². The van der Waals surface area contributed by atoms with Crippen LogP contribution < -0.4 is 5.32 Å². The molecule has 0 saturated heterocycles. The Morgan fingerprint density at radius 3 is 2.56 bits per heavy atom. The number of allylic oxidation sites excluding steroid dienone is 3. The monoisotopic (exact) mass is 239 g/mol. The summed E-state index contributed by atoms with van der Waals surface area (Å²) in [5.74, 6) is 2.30. The van der Waals surface area contributed by atoms with Crippen LogP contribution in [-0.2, 0) is 4.79 Å². The van der Waals surface area contributed by atoms with Gasteiger partial charge in [-0.25, -0.2) is 0 Å². The van der Waals surface area contributed by atoms with Gasteiger partial charge in [0.1, 0.15) is 0 Å². The van der Waals surface area contributed by atoms with E-state index in [4.69, 9.17) is 0 Å².